The second-order valence-electron chi connectivity index (χ2n) is 4.94. The SMILES string of the molecule is CC(C)N(CCCC(=O)O)C(=O)C(O)c1ccccc1. The van der Waals surface area contributed by atoms with Gasteiger partial charge in [0.2, 0.25) is 0 Å². The quantitative estimate of drug-likeness (QED) is 0.798. The number of carbonyl (C=O) groups is 2. The zero-order chi connectivity index (χ0) is 15.1. The van der Waals surface area contributed by atoms with Gasteiger partial charge in [0.05, 0.1) is 0 Å². The highest BCUT2D eigenvalue weighted by molar-refractivity contribution is 5.82. The van der Waals surface area contributed by atoms with Crippen LogP contribution in [0.15, 0.2) is 30.3 Å². The van der Waals surface area contributed by atoms with E-state index in [0.29, 0.717) is 18.5 Å². The molecular weight excluding hydrogens is 258 g/mol. The van der Waals surface area contributed by atoms with Gasteiger partial charge in [0.1, 0.15) is 0 Å². The predicted molar refractivity (Wildman–Crippen MR) is 75.1 cm³/mol. The Morgan fingerprint density at radius 1 is 1.20 bits per heavy atom. The molecule has 0 heterocycles. The number of nitrogens with zero attached hydrogens (tertiary/aromatic N) is 1. The number of amides is 1. The van der Waals surface area contributed by atoms with E-state index >= 15 is 0 Å². The van der Waals surface area contributed by atoms with Gasteiger partial charge >= 0.3 is 5.97 Å². The molecule has 0 aliphatic heterocycles. The first kappa shape index (κ1) is 16.2. The molecule has 1 aromatic carbocycles. The summed E-state index contributed by atoms with van der Waals surface area (Å²) in [6.45, 7) is 4.01. The Morgan fingerprint density at radius 3 is 2.30 bits per heavy atom. The zero-order valence-corrected chi connectivity index (χ0v) is 11.8. The molecule has 0 aliphatic rings. The van der Waals surface area contributed by atoms with Crippen LogP contribution in [0.5, 0.6) is 0 Å². The fourth-order valence-electron chi connectivity index (χ4n) is 1.96. The van der Waals surface area contributed by atoms with Crippen LogP contribution >= 0.6 is 0 Å². The molecule has 20 heavy (non-hydrogen) atoms. The number of aliphatic hydroxyl groups excluding tert-OH is 1. The maximum Gasteiger partial charge on any atom is 0.303 e. The molecule has 1 atom stereocenters. The van der Waals surface area contributed by atoms with Gasteiger partial charge in [-0.05, 0) is 25.8 Å². The van der Waals surface area contributed by atoms with Crippen molar-refractivity contribution >= 4 is 11.9 Å². The molecule has 5 nitrogen and oxygen atoms in total. The number of hydrogen-bond donors (Lipinski definition) is 2. The summed E-state index contributed by atoms with van der Waals surface area (Å²) >= 11 is 0. The first-order chi connectivity index (χ1) is 9.43. The van der Waals surface area contributed by atoms with Crippen LogP contribution in [0.1, 0.15) is 38.4 Å². The molecule has 0 saturated carbocycles. The smallest absolute Gasteiger partial charge is 0.303 e. The van der Waals surface area contributed by atoms with Gasteiger partial charge < -0.3 is 15.1 Å². The van der Waals surface area contributed by atoms with Gasteiger partial charge in [-0.1, -0.05) is 30.3 Å². The van der Waals surface area contributed by atoms with Gasteiger partial charge in [0.15, 0.2) is 6.10 Å². The fraction of sp³-hybridized carbons (Fsp3) is 0.467. The number of aliphatic hydroxyl groups is 1. The predicted octanol–water partition coefficient (Wildman–Crippen LogP) is 1.82. The zero-order valence-electron chi connectivity index (χ0n) is 11.8. The van der Waals surface area contributed by atoms with Crippen LogP contribution in [0, 0.1) is 0 Å². The summed E-state index contributed by atoms with van der Waals surface area (Å²) in [5.41, 5.74) is 0.543. The average molecular weight is 279 g/mol. The highest BCUT2D eigenvalue weighted by Crippen LogP contribution is 2.17. The highest BCUT2D eigenvalue weighted by atomic mass is 16.4. The summed E-state index contributed by atoms with van der Waals surface area (Å²) in [6, 6.07) is 8.63. The van der Waals surface area contributed by atoms with Crippen LogP contribution in [-0.2, 0) is 9.59 Å². The third-order valence-electron chi connectivity index (χ3n) is 3.05. The third-order valence-corrected chi connectivity index (χ3v) is 3.05. The molecule has 1 rings (SSSR count). The Bertz CT molecular complexity index is 444. The minimum atomic E-state index is -1.21. The molecule has 1 unspecified atom stereocenters. The molecule has 2 N–H and O–H groups in total. The maximum absolute atomic E-state index is 12.3. The first-order valence-corrected chi connectivity index (χ1v) is 6.68. The van der Waals surface area contributed by atoms with Crippen molar-refractivity contribution in [2.45, 2.75) is 38.8 Å². The summed E-state index contributed by atoms with van der Waals surface area (Å²) in [7, 11) is 0. The van der Waals surface area contributed by atoms with Crippen molar-refractivity contribution in [2.24, 2.45) is 0 Å². The van der Waals surface area contributed by atoms with Crippen molar-refractivity contribution in [1.29, 1.82) is 0 Å². The largest absolute Gasteiger partial charge is 0.481 e. The van der Waals surface area contributed by atoms with Crippen LogP contribution in [0.4, 0.5) is 0 Å². The van der Waals surface area contributed by atoms with Crippen molar-refractivity contribution in [3.05, 3.63) is 35.9 Å². The number of carboxylic acid groups (broad SMARTS) is 1. The van der Waals surface area contributed by atoms with Gasteiger partial charge in [0.25, 0.3) is 5.91 Å². The monoisotopic (exact) mass is 279 g/mol. The molecule has 0 aliphatic carbocycles. The molecule has 0 fully saturated rings. The number of carbonyl (C=O) groups excluding carboxylic acids is 1. The lowest BCUT2D eigenvalue weighted by Crippen LogP contribution is -2.41. The molecular formula is C15H21NO4. The van der Waals surface area contributed by atoms with E-state index < -0.39 is 18.0 Å². The summed E-state index contributed by atoms with van der Waals surface area (Å²) in [4.78, 5) is 24.3. The second kappa shape index (κ2) is 7.65. The van der Waals surface area contributed by atoms with Gasteiger partial charge in [0, 0.05) is 19.0 Å². The Hall–Kier alpha value is -1.88. The normalized spacial score (nSPS) is 12.2. The molecule has 1 aromatic rings. The van der Waals surface area contributed by atoms with E-state index in [1.54, 1.807) is 24.3 Å². The molecule has 5 heteroatoms. The Balaban J connectivity index is 2.71. The Kier molecular flexibility index (Phi) is 6.18. The lowest BCUT2D eigenvalue weighted by Gasteiger charge is -2.29. The Morgan fingerprint density at radius 2 is 1.80 bits per heavy atom. The van der Waals surface area contributed by atoms with Crippen molar-refractivity contribution < 1.29 is 19.8 Å². The van der Waals surface area contributed by atoms with Crippen molar-refractivity contribution in [1.82, 2.24) is 4.90 Å². The van der Waals surface area contributed by atoms with E-state index in [0.717, 1.165) is 0 Å². The van der Waals surface area contributed by atoms with Crippen LogP contribution < -0.4 is 0 Å². The fourth-order valence-corrected chi connectivity index (χ4v) is 1.96. The molecule has 0 saturated heterocycles. The van der Waals surface area contributed by atoms with Gasteiger partial charge in [-0.25, -0.2) is 0 Å². The topological polar surface area (TPSA) is 77.8 Å². The number of rotatable bonds is 7. The number of benzene rings is 1. The molecule has 1 amide bonds. The minimum absolute atomic E-state index is 0.0118. The van der Waals surface area contributed by atoms with Crippen LogP contribution in [0.3, 0.4) is 0 Å². The summed E-state index contributed by atoms with van der Waals surface area (Å²) in [5.74, 6) is -1.28. The molecule has 0 bridgehead atoms. The van der Waals surface area contributed by atoms with E-state index in [-0.39, 0.29) is 12.5 Å². The van der Waals surface area contributed by atoms with Crippen molar-refractivity contribution in [3.63, 3.8) is 0 Å². The molecule has 110 valence electrons. The van der Waals surface area contributed by atoms with Crippen LogP contribution in [0.25, 0.3) is 0 Å². The first-order valence-electron chi connectivity index (χ1n) is 6.68. The van der Waals surface area contributed by atoms with Gasteiger partial charge in [-0.3, -0.25) is 9.59 Å². The molecule has 0 spiro atoms. The third kappa shape index (κ3) is 4.66. The lowest BCUT2D eigenvalue weighted by molar-refractivity contribution is -0.143. The van der Waals surface area contributed by atoms with Crippen LogP contribution in [0.2, 0.25) is 0 Å². The maximum atomic E-state index is 12.3. The summed E-state index contributed by atoms with van der Waals surface area (Å²) in [6.07, 6.45) is -0.818. The van der Waals surface area contributed by atoms with Crippen LogP contribution in [-0.4, -0.2) is 39.6 Å². The minimum Gasteiger partial charge on any atom is -0.481 e. The summed E-state index contributed by atoms with van der Waals surface area (Å²) < 4.78 is 0. The number of aliphatic carboxylic acids is 1. The standard InChI is InChI=1S/C15H21NO4/c1-11(2)16(10-6-9-13(17)18)15(20)14(19)12-7-4-3-5-8-12/h3-5,7-8,11,14,19H,6,9-10H2,1-2H3,(H,17,18). The van der Waals surface area contributed by atoms with E-state index in [4.69, 9.17) is 5.11 Å². The van der Waals surface area contributed by atoms with E-state index in [1.807, 2.05) is 19.9 Å². The second-order valence-corrected chi connectivity index (χ2v) is 4.94. The van der Waals surface area contributed by atoms with Gasteiger partial charge in [-0.2, -0.15) is 0 Å². The lowest BCUT2D eigenvalue weighted by atomic mass is 10.1. The van der Waals surface area contributed by atoms with E-state index in [2.05, 4.69) is 0 Å². The number of carboxylic acids is 1. The summed E-state index contributed by atoms with van der Waals surface area (Å²) in [5, 5.41) is 18.7. The Labute approximate surface area is 118 Å². The number of hydrogen-bond acceptors (Lipinski definition) is 3. The highest BCUT2D eigenvalue weighted by Gasteiger charge is 2.25. The molecule has 0 aromatic heterocycles. The van der Waals surface area contributed by atoms with Crippen molar-refractivity contribution in [3.8, 4) is 0 Å². The molecule has 0 radical (unpaired) electrons. The van der Waals surface area contributed by atoms with Gasteiger partial charge in [-0.15, -0.1) is 0 Å². The van der Waals surface area contributed by atoms with E-state index in [9.17, 15) is 14.7 Å². The average Bonchev–Trinajstić information content (AvgIpc) is 2.42. The van der Waals surface area contributed by atoms with E-state index in [1.165, 1.54) is 4.90 Å². The van der Waals surface area contributed by atoms with Crippen molar-refractivity contribution in [2.75, 3.05) is 6.54 Å².